The Bertz CT molecular complexity index is 814. The molecule has 1 amide bonds. The fourth-order valence-electron chi connectivity index (χ4n) is 3.58. The van der Waals surface area contributed by atoms with Crippen molar-refractivity contribution in [2.45, 2.75) is 39.2 Å². The molecule has 1 fully saturated rings. The average Bonchev–Trinajstić information content (AvgIpc) is 2.83. The van der Waals surface area contributed by atoms with Crippen molar-refractivity contribution in [3.05, 3.63) is 29.8 Å². The number of aromatic nitrogens is 3. The van der Waals surface area contributed by atoms with Crippen LogP contribution in [0.2, 0.25) is 0 Å². The van der Waals surface area contributed by atoms with E-state index in [0.717, 1.165) is 56.1 Å². The molecule has 138 valence electrons. The highest BCUT2D eigenvalue weighted by atomic mass is 19.1. The van der Waals surface area contributed by atoms with Crippen LogP contribution in [-0.4, -0.2) is 33.8 Å². The van der Waals surface area contributed by atoms with Gasteiger partial charge in [0.1, 0.15) is 11.6 Å². The first kappa shape index (κ1) is 17.1. The van der Waals surface area contributed by atoms with E-state index in [2.05, 4.69) is 25.4 Å². The number of nitrogens with one attached hydrogen (secondary N) is 2. The van der Waals surface area contributed by atoms with Gasteiger partial charge in [-0.25, -0.2) is 4.39 Å². The van der Waals surface area contributed by atoms with Gasteiger partial charge in [-0.1, -0.05) is 13.3 Å². The largest absolute Gasteiger partial charge is 0.323 e. The summed E-state index contributed by atoms with van der Waals surface area (Å²) in [4.78, 5) is 12.4. The molecule has 2 N–H and O–H groups in total. The second-order valence-corrected chi connectivity index (χ2v) is 7.29. The van der Waals surface area contributed by atoms with Gasteiger partial charge in [-0.05, 0) is 50.0 Å². The van der Waals surface area contributed by atoms with Gasteiger partial charge < -0.3 is 15.2 Å². The summed E-state index contributed by atoms with van der Waals surface area (Å²) >= 11 is 0. The maximum atomic E-state index is 14.3. The first-order valence-electron chi connectivity index (χ1n) is 9.37. The first-order chi connectivity index (χ1) is 12.6. The zero-order valence-electron chi connectivity index (χ0n) is 15.0. The molecular formula is C19H24FN5O. The lowest BCUT2D eigenvalue weighted by Crippen LogP contribution is -2.48. The summed E-state index contributed by atoms with van der Waals surface area (Å²) in [6.07, 6.45) is 4.32. The van der Waals surface area contributed by atoms with Crippen molar-refractivity contribution in [1.82, 2.24) is 20.1 Å². The number of rotatable bonds is 4. The van der Waals surface area contributed by atoms with Crippen LogP contribution in [0.1, 0.15) is 32.0 Å². The van der Waals surface area contributed by atoms with Crippen LogP contribution < -0.4 is 10.6 Å². The Balaban J connectivity index is 1.58. The molecule has 1 saturated heterocycles. The van der Waals surface area contributed by atoms with E-state index in [9.17, 15) is 9.18 Å². The Labute approximate surface area is 152 Å². The van der Waals surface area contributed by atoms with Crippen LogP contribution in [0.15, 0.2) is 18.2 Å². The Morgan fingerprint density at radius 3 is 2.92 bits per heavy atom. The summed E-state index contributed by atoms with van der Waals surface area (Å²) < 4.78 is 16.4. The molecule has 2 aliphatic rings. The Morgan fingerprint density at radius 2 is 2.15 bits per heavy atom. The summed E-state index contributed by atoms with van der Waals surface area (Å²) in [5, 5.41) is 14.5. The molecule has 1 aromatic carbocycles. The predicted molar refractivity (Wildman–Crippen MR) is 97.1 cm³/mol. The van der Waals surface area contributed by atoms with E-state index in [1.54, 1.807) is 12.1 Å². The summed E-state index contributed by atoms with van der Waals surface area (Å²) in [7, 11) is 0. The summed E-state index contributed by atoms with van der Waals surface area (Å²) in [6.45, 7) is 4.44. The number of amides is 1. The lowest BCUT2D eigenvalue weighted by molar-refractivity contribution is -0.121. The van der Waals surface area contributed by atoms with Crippen LogP contribution in [-0.2, 0) is 17.8 Å². The van der Waals surface area contributed by atoms with Gasteiger partial charge in [0.2, 0.25) is 5.91 Å². The van der Waals surface area contributed by atoms with Crippen molar-refractivity contribution in [1.29, 1.82) is 0 Å². The number of carbonyl (C=O) groups excluding carboxylic acids is 1. The molecule has 0 bridgehead atoms. The quantitative estimate of drug-likeness (QED) is 0.882. The highest BCUT2D eigenvalue weighted by molar-refractivity contribution is 5.93. The van der Waals surface area contributed by atoms with E-state index in [1.807, 2.05) is 6.92 Å². The topological polar surface area (TPSA) is 71.8 Å². The molecule has 1 aromatic heterocycles. The maximum absolute atomic E-state index is 14.3. The SMILES string of the molecule is CC(C(=O)Nc1cc(-c2nnc3n2CCCCC3)ccc1F)C1CNC1. The van der Waals surface area contributed by atoms with E-state index in [-0.39, 0.29) is 17.5 Å². The predicted octanol–water partition coefficient (Wildman–Crippen LogP) is 2.60. The molecule has 3 heterocycles. The molecule has 4 rings (SSSR count). The molecule has 6 nitrogen and oxygen atoms in total. The number of fused-ring (bicyclic) bond motifs is 1. The third kappa shape index (κ3) is 3.23. The fraction of sp³-hybridized carbons (Fsp3) is 0.526. The number of carbonyl (C=O) groups is 1. The molecule has 0 aliphatic carbocycles. The fourth-order valence-corrected chi connectivity index (χ4v) is 3.58. The number of nitrogens with zero attached hydrogens (tertiary/aromatic N) is 3. The van der Waals surface area contributed by atoms with Crippen LogP contribution in [0.25, 0.3) is 11.4 Å². The molecule has 0 saturated carbocycles. The third-order valence-corrected chi connectivity index (χ3v) is 5.53. The van der Waals surface area contributed by atoms with E-state index in [1.165, 1.54) is 12.5 Å². The smallest absolute Gasteiger partial charge is 0.227 e. The van der Waals surface area contributed by atoms with Gasteiger partial charge in [-0.15, -0.1) is 10.2 Å². The van der Waals surface area contributed by atoms with Gasteiger partial charge in [0.05, 0.1) is 5.69 Å². The van der Waals surface area contributed by atoms with Crippen LogP contribution in [0.4, 0.5) is 10.1 Å². The van der Waals surface area contributed by atoms with E-state index >= 15 is 0 Å². The number of aryl methyl sites for hydroxylation is 1. The summed E-state index contributed by atoms with van der Waals surface area (Å²) in [5.41, 5.74) is 0.984. The van der Waals surface area contributed by atoms with Crippen molar-refractivity contribution in [2.24, 2.45) is 11.8 Å². The van der Waals surface area contributed by atoms with Crippen LogP contribution in [0.5, 0.6) is 0 Å². The minimum atomic E-state index is -0.434. The van der Waals surface area contributed by atoms with Gasteiger partial charge in [0, 0.05) is 24.4 Å². The van der Waals surface area contributed by atoms with Crippen molar-refractivity contribution >= 4 is 11.6 Å². The Morgan fingerprint density at radius 1 is 1.31 bits per heavy atom. The number of benzene rings is 1. The highest BCUT2D eigenvalue weighted by Crippen LogP contribution is 2.27. The number of anilines is 1. The molecule has 0 spiro atoms. The summed E-state index contributed by atoms with van der Waals surface area (Å²) in [5.74, 6) is 1.31. The van der Waals surface area contributed by atoms with E-state index < -0.39 is 5.82 Å². The van der Waals surface area contributed by atoms with E-state index in [4.69, 9.17) is 0 Å². The van der Waals surface area contributed by atoms with Crippen molar-refractivity contribution < 1.29 is 9.18 Å². The third-order valence-electron chi connectivity index (χ3n) is 5.53. The van der Waals surface area contributed by atoms with Crippen molar-refractivity contribution in [3.8, 4) is 11.4 Å². The minimum absolute atomic E-state index is 0.146. The van der Waals surface area contributed by atoms with Gasteiger partial charge in [0.25, 0.3) is 0 Å². The van der Waals surface area contributed by atoms with E-state index in [0.29, 0.717) is 5.92 Å². The molecular weight excluding hydrogens is 333 g/mol. The highest BCUT2D eigenvalue weighted by Gasteiger charge is 2.29. The molecule has 7 heteroatoms. The zero-order chi connectivity index (χ0) is 18.1. The maximum Gasteiger partial charge on any atom is 0.227 e. The van der Waals surface area contributed by atoms with Gasteiger partial charge in [0.15, 0.2) is 5.82 Å². The van der Waals surface area contributed by atoms with Gasteiger partial charge >= 0.3 is 0 Å². The normalized spacial score (nSPS) is 18.5. The van der Waals surface area contributed by atoms with Crippen LogP contribution in [0, 0.1) is 17.7 Å². The second kappa shape index (κ2) is 7.15. The molecule has 1 atom stereocenters. The molecule has 2 aliphatic heterocycles. The molecule has 2 aromatic rings. The lowest BCUT2D eigenvalue weighted by atomic mass is 9.88. The van der Waals surface area contributed by atoms with Gasteiger partial charge in [-0.2, -0.15) is 0 Å². The van der Waals surface area contributed by atoms with Gasteiger partial charge in [-0.3, -0.25) is 4.79 Å². The minimum Gasteiger partial charge on any atom is -0.323 e. The molecule has 26 heavy (non-hydrogen) atoms. The lowest BCUT2D eigenvalue weighted by Gasteiger charge is -2.31. The molecule has 0 radical (unpaired) electrons. The Kier molecular flexibility index (Phi) is 4.72. The second-order valence-electron chi connectivity index (χ2n) is 7.29. The Hall–Kier alpha value is -2.28. The monoisotopic (exact) mass is 357 g/mol. The van der Waals surface area contributed by atoms with Crippen LogP contribution in [0.3, 0.4) is 0 Å². The number of halogens is 1. The number of hydrogen-bond donors (Lipinski definition) is 2. The van der Waals surface area contributed by atoms with Crippen molar-refractivity contribution in [2.75, 3.05) is 18.4 Å². The average molecular weight is 357 g/mol. The first-order valence-corrected chi connectivity index (χ1v) is 9.37. The number of hydrogen-bond acceptors (Lipinski definition) is 4. The zero-order valence-corrected chi connectivity index (χ0v) is 15.0. The standard InChI is InChI=1S/C19H24FN5O/c1-12(14-10-21-11-14)19(26)22-16-9-13(6-7-15(16)20)18-24-23-17-5-3-2-4-8-25(17)18/h6-7,9,12,14,21H,2-5,8,10-11H2,1H3,(H,22,26). The van der Waals surface area contributed by atoms with Crippen molar-refractivity contribution in [3.63, 3.8) is 0 Å². The molecule has 1 unspecified atom stereocenters. The van der Waals surface area contributed by atoms with Crippen LogP contribution >= 0.6 is 0 Å². The summed E-state index contributed by atoms with van der Waals surface area (Å²) in [6, 6.07) is 4.76.